The van der Waals surface area contributed by atoms with E-state index in [9.17, 15) is 14.4 Å². The molecule has 0 unspecified atom stereocenters. The number of nitrogens with zero attached hydrogens (tertiary/aromatic N) is 2. The molecule has 3 aliphatic rings. The van der Waals surface area contributed by atoms with Gasteiger partial charge in [-0.3, -0.25) is 19.8 Å². The van der Waals surface area contributed by atoms with E-state index < -0.39 is 11.6 Å². The molecule has 4 rings (SSSR count). The number of urea groups is 1. The topological polar surface area (TPSA) is 91.0 Å². The number of para-hydroxylation sites is 1. The van der Waals surface area contributed by atoms with E-state index in [2.05, 4.69) is 15.5 Å². The van der Waals surface area contributed by atoms with Crippen molar-refractivity contribution in [2.75, 3.05) is 39.3 Å². The molecule has 0 aromatic heterocycles. The van der Waals surface area contributed by atoms with Gasteiger partial charge in [0.25, 0.3) is 5.91 Å². The van der Waals surface area contributed by atoms with Crippen LogP contribution in [0.3, 0.4) is 0 Å². The Bertz CT molecular complexity index is 753. The fourth-order valence-electron chi connectivity index (χ4n) is 4.50. The first-order valence-corrected chi connectivity index (χ1v) is 10.4. The van der Waals surface area contributed by atoms with Crippen LogP contribution < -0.4 is 15.4 Å². The van der Waals surface area contributed by atoms with Crippen LogP contribution in [-0.4, -0.2) is 72.5 Å². The summed E-state index contributed by atoms with van der Waals surface area (Å²) in [5.41, 5.74) is -0.800. The van der Waals surface area contributed by atoms with Gasteiger partial charge in [-0.25, -0.2) is 4.79 Å². The second-order valence-corrected chi connectivity index (χ2v) is 8.09. The highest BCUT2D eigenvalue weighted by molar-refractivity contribution is 6.07. The van der Waals surface area contributed by atoms with Crippen molar-refractivity contribution in [2.45, 2.75) is 31.2 Å². The lowest BCUT2D eigenvalue weighted by molar-refractivity contribution is -0.140. The maximum absolute atomic E-state index is 12.9. The smallest absolute Gasteiger partial charge is 0.322 e. The Morgan fingerprint density at radius 1 is 1.07 bits per heavy atom. The lowest BCUT2D eigenvalue weighted by Crippen LogP contribution is -2.54. The first kappa shape index (κ1) is 19.7. The Morgan fingerprint density at radius 3 is 2.38 bits per heavy atom. The van der Waals surface area contributed by atoms with Crippen LogP contribution >= 0.6 is 0 Å². The lowest BCUT2D eigenvalue weighted by atomic mass is 9.76. The Labute approximate surface area is 170 Å². The first-order chi connectivity index (χ1) is 14.1. The summed E-state index contributed by atoms with van der Waals surface area (Å²) in [6.07, 6.45) is 2.32. The third-order valence-corrected chi connectivity index (χ3v) is 6.31. The molecule has 8 heteroatoms. The van der Waals surface area contributed by atoms with Crippen molar-refractivity contribution >= 4 is 17.8 Å². The molecule has 4 amide bonds. The van der Waals surface area contributed by atoms with E-state index in [-0.39, 0.29) is 17.7 Å². The predicted octanol–water partition coefficient (Wildman–Crippen LogP) is 0.978. The SMILES string of the molecule is O=C1NC(=O)C2(CCC(C(=O)N3CCN(CCOc4ccccc4)CC3)CC2)N1. The number of piperazine rings is 1. The van der Waals surface area contributed by atoms with Crippen LogP contribution in [-0.2, 0) is 9.59 Å². The molecular formula is C21H28N4O4. The van der Waals surface area contributed by atoms with Gasteiger partial charge in [0, 0.05) is 38.6 Å². The standard InChI is InChI=1S/C21H28N4O4/c26-18(16-6-8-21(9-7-16)19(27)22-20(28)23-21)25-12-10-24(11-13-25)14-15-29-17-4-2-1-3-5-17/h1-5,16H,6-15H2,(H2,22,23,27,28). The van der Waals surface area contributed by atoms with Crippen LogP contribution in [0.15, 0.2) is 30.3 Å². The van der Waals surface area contributed by atoms with Crippen molar-refractivity contribution in [3.63, 3.8) is 0 Å². The van der Waals surface area contributed by atoms with Crippen LogP contribution in [0.5, 0.6) is 5.75 Å². The molecule has 1 aromatic rings. The van der Waals surface area contributed by atoms with Crippen LogP contribution in [0.1, 0.15) is 25.7 Å². The third kappa shape index (κ3) is 4.37. The molecule has 2 aliphatic heterocycles. The number of ether oxygens (including phenoxy) is 1. The molecule has 1 aromatic carbocycles. The molecule has 2 N–H and O–H groups in total. The number of benzene rings is 1. The van der Waals surface area contributed by atoms with Gasteiger partial charge in [-0.05, 0) is 37.8 Å². The summed E-state index contributed by atoms with van der Waals surface area (Å²) in [6, 6.07) is 9.36. The molecule has 0 bridgehead atoms. The van der Waals surface area contributed by atoms with E-state index in [0.717, 1.165) is 38.5 Å². The Morgan fingerprint density at radius 2 is 1.76 bits per heavy atom. The van der Waals surface area contributed by atoms with Gasteiger partial charge in [-0.1, -0.05) is 18.2 Å². The highest BCUT2D eigenvalue weighted by Gasteiger charge is 2.49. The van der Waals surface area contributed by atoms with Crippen LogP contribution in [0, 0.1) is 5.92 Å². The normalized spacial score (nSPS) is 27.6. The molecule has 1 saturated carbocycles. The van der Waals surface area contributed by atoms with E-state index in [4.69, 9.17) is 4.74 Å². The number of carbonyl (C=O) groups excluding carboxylic acids is 3. The molecule has 1 spiro atoms. The van der Waals surface area contributed by atoms with Gasteiger partial charge in [0.1, 0.15) is 17.9 Å². The van der Waals surface area contributed by atoms with Gasteiger partial charge >= 0.3 is 6.03 Å². The average Bonchev–Trinajstić information content (AvgIpc) is 3.02. The van der Waals surface area contributed by atoms with E-state index in [1.165, 1.54) is 0 Å². The van der Waals surface area contributed by atoms with Crippen LogP contribution in [0.4, 0.5) is 4.79 Å². The number of rotatable bonds is 5. The maximum Gasteiger partial charge on any atom is 0.322 e. The Kier molecular flexibility index (Phi) is 5.71. The Hall–Kier alpha value is -2.61. The number of hydrogen-bond donors (Lipinski definition) is 2. The summed E-state index contributed by atoms with van der Waals surface area (Å²) < 4.78 is 5.76. The van der Waals surface area contributed by atoms with Crippen molar-refractivity contribution in [2.24, 2.45) is 5.92 Å². The zero-order chi connectivity index (χ0) is 20.3. The third-order valence-electron chi connectivity index (χ3n) is 6.31. The highest BCUT2D eigenvalue weighted by atomic mass is 16.5. The molecular weight excluding hydrogens is 372 g/mol. The predicted molar refractivity (Wildman–Crippen MR) is 106 cm³/mol. The zero-order valence-corrected chi connectivity index (χ0v) is 16.6. The average molecular weight is 400 g/mol. The summed E-state index contributed by atoms with van der Waals surface area (Å²) in [5.74, 6) is 0.756. The van der Waals surface area contributed by atoms with Gasteiger partial charge in [-0.15, -0.1) is 0 Å². The van der Waals surface area contributed by atoms with Gasteiger partial charge in [0.05, 0.1) is 0 Å². The summed E-state index contributed by atoms with van der Waals surface area (Å²) >= 11 is 0. The number of imide groups is 1. The zero-order valence-electron chi connectivity index (χ0n) is 16.6. The second-order valence-electron chi connectivity index (χ2n) is 8.09. The first-order valence-electron chi connectivity index (χ1n) is 10.4. The monoisotopic (exact) mass is 400 g/mol. The lowest BCUT2D eigenvalue weighted by Gasteiger charge is -2.39. The van der Waals surface area contributed by atoms with E-state index in [1.54, 1.807) is 0 Å². The fourth-order valence-corrected chi connectivity index (χ4v) is 4.50. The molecule has 2 saturated heterocycles. The van der Waals surface area contributed by atoms with E-state index in [1.807, 2.05) is 35.2 Å². The van der Waals surface area contributed by atoms with Crippen LogP contribution in [0.2, 0.25) is 0 Å². The van der Waals surface area contributed by atoms with Crippen molar-refractivity contribution in [1.82, 2.24) is 20.4 Å². The largest absolute Gasteiger partial charge is 0.492 e. The summed E-state index contributed by atoms with van der Waals surface area (Å²) in [4.78, 5) is 40.7. The van der Waals surface area contributed by atoms with Gasteiger partial charge in [-0.2, -0.15) is 0 Å². The number of hydrogen-bond acceptors (Lipinski definition) is 5. The fraction of sp³-hybridized carbons (Fsp3) is 0.571. The van der Waals surface area contributed by atoms with Gasteiger partial charge < -0.3 is 15.0 Å². The number of carbonyl (C=O) groups is 3. The summed E-state index contributed by atoms with van der Waals surface area (Å²) in [5, 5.41) is 5.07. The van der Waals surface area contributed by atoms with Crippen molar-refractivity contribution in [3.8, 4) is 5.75 Å². The molecule has 1 aliphatic carbocycles. The van der Waals surface area contributed by atoms with Crippen molar-refractivity contribution in [1.29, 1.82) is 0 Å². The van der Waals surface area contributed by atoms with Gasteiger partial charge in [0.2, 0.25) is 5.91 Å². The summed E-state index contributed by atoms with van der Waals surface area (Å²) in [7, 11) is 0. The minimum atomic E-state index is -0.800. The van der Waals surface area contributed by atoms with E-state index >= 15 is 0 Å². The van der Waals surface area contributed by atoms with Gasteiger partial charge in [0.15, 0.2) is 0 Å². The number of amides is 4. The second kappa shape index (κ2) is 8.41. The molecule has 2 heterocycles. The molecule has 3 fully saturated rings. The maximum atomic E-state index is 12.9. The van der Waals surface area contributed by atoms with Crippen molar-refractivity contribution < 1.29 is 19.1 Å². The highest BCUT2D eigenvalue weighted by Crippen LogP contribution is 2.35. The molecule has 0 radical (unpaired) electrons. The van der Waals surface area contributed by atoms with Crippen molar-refractivity contribution in [3.05, 3.63) is 30.3 Å². The summed E-state index contributed by atoms with van der Waals surface area (Å²) in [6.45, 7) is 4.62. The number of nitrogens with one attached hydrogen (secondary N) is 2. The molecule has 0 atom stereocenters. The quantitative estimate of drug-likeness (QED) is 0.719. The minimum Gasteiger partial charge on any atom is -0.492 e. The Balaban J connectivity index is 1.19. The van der Waals surface area contributed by atoms with Crippen LogP contribution in [0.25, 0.3) is 0 Å². The molecule has 29 heavy (non-hydrogen) atoms. The molecule has 8 nitrogen and oxygen atoms in total. The minimum absolute atomic E-state index is 0.0566. The van der Waals surface area contributed by atoms with E-state index in [0.29, 0.717) is 32.3 Å². The molecule has 156 valence electrons.